The summed E-state index contributed by atoms with van der Waals surface area (Å²) in [6, 6.07) is 11.2. The summed E-state index contributed by atoms with van der Waals surface area (Å²) in [5, 5.41) is 15.2. The maximum atomic E-state index is 12.7. The molecule has 5 N–H and O–H groups in total. The summed E-state index contributed by atoms with van der Waals surface area (Å²) in [6.07, 6.45) is -0.151. The van der Waals surface area contributed by atoms with Gasteiger partial charge in [0.2, 0.25) is 17.7 Å². The number of ether oxygens (including phenoxy) is 2. The Morgan fingerprint density at radius 2 is 1.70 bits per heavy atom. The average Bonchev–Trinajstić information content (AvgIpc) is 3.25. The minimum Gasteiger partial charge on any atom is -0.494 e. The molecule has 2 heterocycles. The molecule has 0 aliphatic carbocycles. The predicted molar refractivity (Wildman–Crippen MR) is 151 cm³/mol. The summed E-state index contributed by atoms with van der Waals surface area (Å²) < 4.78 is 10.5. The molecule has 40 heavy (non-hydrogen) atoms. The van der Waals surface area contributed by atoms with Crippen molar-refractivity contribution < 1.29 is 24.2 Å². The number of amides is 2. The first-order chi connectivity index (χ1) is 19.1. The molecular formula is C27H29N5O7S. The van der Waals surface area contributed by atoms with E-state index in [4.69, 9.17) is 9.47 Å². The predicted octanol–water partition coefficient (Wildman–Crippen LogP) is 2.62. The van der Waals surface area contributed by atoms with E-state index in [1.165, 1.54) is 14.2 Å². The third-order valence-electron chi connectivity index (χ3n) is 6.21. The highest BCUT2D eigenvalue weighted by atomic mass is 32.2. The van der Waals surface area contributed by atoms with Crippen LogP contribution in [0.2, 0.25) is 0 Å². The molecule has 1 aliphatic rings. The molecule has 2 aromatic carbocycles. The monoisotopic (exact) mass is 567 g/mol. The van der Waals surface area contributed by atoms with E-state index >= 15 is 0 Å². The molecular weight excluding hydrogens is 538 g/mol. The molecule has 2 atom stereocenters. The second kappa shape index (κ2) is 12.1. The third kappa shape index (κ3) is 6.37. The fourth-order valence-electron chi connectivity index (χ4n) is 4.12. The van der Waals surface area contributed by atoms with E-state index in [0.29, 0.717) is 22.7 Å². The lowest BCUT2D eigenvalue weighted by Gasteiger charge is -2.15. The van der Waals surface area contributed by atoms with Crippen LogP contribution in [-0.2, 0) is 9.59 Å². The standard InChI is InChI=1S/C27H29N5O7S/c1-13(2)14-5-7-15(8-6-14)22(21-24(35)30-26(37)31-25(21)36)29-27-32-23(34)19(40-27)12-20(33)28-16-9-10-17(38-3)18(11-16)39-4/h5-11,13,19,22H,12H2,1-4H3,(H,28,33)(H,29,32,34)(H3,30,31,35,36,37). The molecule has 3 aromatic rings. The minimum atomic E-state index is -1.05. The maximum absolute atomic E-state index is 12.7. The van der Waals surface area contributed by atoms with Gasteiger partial charge in [-0.05, 0) is 29.2 Å². The Balaban J connectivity index is 1.57. The van der Waals surface area contributed by atoms with Crippen LogP contribution in [0.15, 0.2) is 57.0 Å². The number of anilines is 1. The van der Waals surface area contributed by atoms with Crippen molar-refractivity contribution in [3.8, 4) is 17.4 Å². The number of nitrogens with zero attached hydrogens (tertiary/aromatic N) is 1. The van der Waals surface area contributed by atoms with Crippen molar-refractivity contribution in [3.05, 3.63) is 80.0 Å². The Kier molecular flexibility index (Phi) is 8.63. The highest BCUT2D eigenvalue weighted by molar-refractivity contribution is 8.15. The van der Waals surface area contributed by atoms with Crippen molar-refractivity contribution in [3.63, 3.8) is 0 Å². The number of nitrogens with one attached hydrogen (secondary N) is 4. The number of amidine groups is 1. The van der Waals surface area contributed by atoms with Crippen LogP contribution in [0.1, 0.15) is 48.9 Å². The zero-order valence-corrected chi connectivity index (χ0v) is 23.0. The summed E-state index contributed by atoms with van der Waals surface area (Å²) in [5.74, 6) is -0.254. The van der Waals surface area contributed by atoms with Gasteiger partial charge in [0.05, 0.1) is 14.2 Å². The second-order valence-corrected chi connectivity index (χ2v) is 10.4. The van der Waals surface area contributed by atoms with Gasteiger partial charge in [-0.25, -0.2) is 9.79 Å². The van der Waals surface area contributed by atoms with Gasteiger partial charge in [0, 0.05) is 18.2 Å². The highest BCUT2D eigenvalue weighted by Crippen LogP contribution is 2.33. The molecule has 4 rings (SSSR count). The van der Waals surface area contributed by atoms with Gasteiger partial charge < -0.3 is 25.2 Å². The number of benzene rings is 2. The van der Waals surface area contributed by atoms with E-state index in [2.05, 4.69) is 25.6 Å². The summed E-state index contributed by atoms with van der Waals surface area (Å²) >= 11 is 1.03. The van der Waals surface area contributed by atoms with Crippen molar-refractivity contribution in [2.24, 2.45) is 4.99 Å². The van der Waals surface area contributed by atoms with Crippen LogP contribution >= 0.6 is 11.8 Å². The van der Waals surface area contributed by atoms with Crippen LogP contribution in [0.5, 0.6) is 17.4 Å². The fourth-order valence-corrected chi connectivity index (χ4v) is 5.12. The van der Waals surface area contributed by atoms with Crippen LogP contribution in [0.25, 0.3) is 0 Å². The summed E-state index contributed by atoms with van der Waals surface area (Å²) in [4.78, 5) is 58.6. The smallest absolute Gasteiger partial charge is 0.328 e. The van der Waals surface area contributed by atoms with E-state index in [1.807, 2.05) is 26.0 Å². The molecule has 0 bridgehead atoms. The van der Waals surface area contributed by atoms with E-state index in [0.717, 1.165) is 17.3 Å². The molecule has 2 amide bonds. The molecule has 0 spiro atoms. The van der Waals surface area contributed by atoms with Gasteiger partial charge in [0.15, 0.2) is 16.7 Å². The maximum Gasteiger partial charge on any atom is 0.328 e. The molecule has 2 unspecified atom stereocenters. The molecule has 12 nitrogen and oxygen atoms in total. The second-order valence-electron chi connectivity index (χ2n) is 9.25. The lowest BCUT2D eigenvalue weighted by atomic mass is 9.96. The first kappa shape index (κ1) is 28.5. The SMILES string of the molecule is COc1ccc(NC(=O)CC2SC(=NC(c3ccc(C(C)C)cc3)c3c(O)[nH]c(=O)[nH]c3=O)NC2=O)cc1OC. The first-order valence-corrected chi connectivity index (χ1v) is 13.2. The van der Waals surface area contributed by atoms with Crippen LogP contribution in [-0.4, -0.2) is 51.5 Å². The van der Waals surface area contributed by atoms with Gasteiger partial charge in [0.1, 0.15) is 16.9 Å². The summed E-state index contributed by atoms with van der Waals surface area (Å²) in [5.41, 5.74) is 0.209. The minimum absolute atomic E-state index is 0.151. The number of carbonyl (C=O) groups excluding carboxylic acids is 2. The molecule has 0 radical (unpaired) electrons. The quantitative estimate of drug-likeness (QED) is 0.262. The molecule has 210 valence electrons. The van der Waals surface area contributed by atoms with Crippen molar-refractivity contribution in [2.45, 2.75) is 37.5 Å². The zero-order chi connectivity index (χ0) is 29.0. The Hall–Kier alpha value is -4.52. The summed E-state index contributed by atoms with van der Waals surface area (Å²) in [6.45, 7) is 4.08. The number of hydrogen-bond donors (Lipinski definition) is 5. The number of aromatic amines is 2. The van der Waals surface area contributed by atoms with E-state index in [9.17, 15) is 24.3 Å². The van der Waals surface area contributed by atoms with Gasteiger partial charge in [-0.15, -0.1) is 0 Å². The molecule has 1 aromatic heterocycles. The number of aromatic nitrogens is 2. The van der Waals surface area contributed by atoms with Crippen molar-refractivity contribution in [1.82, 2.24) is 15.3 Å². The van der Waals surface area contributed by atoms with E-state index < -0.39 is 40.2 Å². The van der Waals surface area contributed by atoms with Crippen LogP contribution < -0.4 is 31.4 Å². The molecule has 1 aliphatic heterocycles. The number of rotatable bonds is 9. The highest BCUT2D eigenvalue weighted by Gasteiger charge is 2.34. The van der Waals surface area contributed by atoms with Gasteiger partial charge in [0.25, 0.3) is 5.56 Å². The number of aromatic hydroxyl groups is 1. The van der Waals surface area contributed by atoms with Gasteiger partial charge in [-0.3, -0.25) is 24.4 Å². The Morgan fingerprint density at radius 1 is 1.02 bits per heavy atom. The van der Waals surface area contributed by atoms with Gasteiger partial charge in [-0.2, -0.15) is 0 Å². The van der Waals surface area contributed by atoms with Gasteiger partial charge >= 0.3 is 5.69 Å². The van der Waals surface area contributed by atoms with E-state index in [1.54, 1.807) is 30.3 Å². The van der Waals surface area contributed by atoms with Crippen LogP contribution in [0, 0.1) is 0 Å². The topological polar surface area (TPSA) is 175 Å². The zero-order valence-electron chi connectivity index (χ0n) is 22.2. The number of aliphatic imine (C=N–C) groups is 1. The van der Waals surface area contributed by atoms with Crippen molar-refractivity contribution >= 4 is 34.4 Å². The number of thioether (sulfide) groups is 1. The normalized spacial score (nSPS) is 16.6. The Bertz CT molecular complexity index is 1560. The lowest BCUT2D eigenvalue weighted by Crippen LogP contribution is -2.29. The summed E-state index contributed by atoms with van der Waals surface area (Å²) in [7, 11) is 2.99. The van der Waals surface area contributed by atoms with Crippen LogP contribution in [0.3, 0.4) is 0 Å². The lowest BCUT2D eigenvalue weighted by molar-refractivity contribution is -0.122. The Labute approximate surface area is 233 Å². The van der Waals surface area contributed by atoms with Gasteiger partial charge in [-0.1, -0.05) is 49.9 Å². The fraction of sp³-hybridized carbons (Fsp3) is 0.296. The molecule has 1 fully saturated rings. The molecule has 1 saturated heterocycles. The number of carbonyl (C=O) groups is 2. The molecule has 13 heteroatoms. The average molecular weight is 568 g/mol. The number of hydrogen-bond acceptors (Lipinski definition) is 9. The van der Waals surface area contributed by atoms with Crippen LogP contribution in [0.4, 0.5) is 5.69 Å². The Morgan fingerprint density at radius 3 is 2.33 bits per heavy atom. The van der Waals surface area contributed by atoms with Crippen molar-refractivity contribution in [2.75, 3.05) is 19.5 Å². The number of H-pyrrole nitrogens is 2. The number of methoxy groups -OCH3 is 2. The van der Waals surface area contributed by atoms with Crippen molar-refractivity contribution in [1.29, 1.82) is 0 Å². The first-order valence-electron chi connectivity index (χ1n) is 12.3. The largest absolute Gasteiger partial charge is 0.494 e. The molecule has 0 saturated carbocycles. The van der Waals surface area contributed by atoms with E-state index in [-0.39, 0.29) is 23.1 Å². The third-order valence-corrected chi connectivity index (χ3v) is 7.31.